The van der Waals surface area contributed by atoms with Crippen LogP contribution in [0.15, 0.2) is 53.9 Å². The number of aromatic nitrogens is 1. The molecule has 3 aromatic rings. The first-order valence-electron chi connectivity index (χ1n) is 8.93. The zero-order valence-electron chi connectivity index (χ0n) is 15.7. The smallest absolute Gasteiger partial charge is 0.311 e. The van der Waals surface area contributed by atoms with Gasteiger partial charge in [0.2, 0.25) is 0 Å². The third-order valence-corrected chi connectivity index (χ3v) is 4.93. The fourth-order valence-corrected chi connectivity index (χ4v) is 3.49. The Kier molecular flexibility index (Phi) is 7.21. The van der Waals surface area contributed by atoms with Crippen LogP contribution in [0.3, 0.4) is 0 Å². The normalized spacial score (nSPS) is 10.4. The van der Waals surface area contributed by atoms with Gasteiger partial charge in [0.05, 0.1) is 23.7 Å². The summed E-state index contributed by atoms with van der Waals surface area (Å²) in [5.74, 6) is -0.304. The number of carbonyl (C=O) groups is 2. The van der Waals surface area contributed by atoms with E-state index in [1.807, 2.05) is 36.4 Å². The van der Waals surface area contributed by atoms with Crippen molar-refractivity contribution in [2.45, 2.75) is 13.3 Å². The first-order chi connectivity index (χ1) is 14.0. The van der Waals surface area contributed by atoms with Crippen LogP contribution in [-0.2, 0) is 20.7 Å². The maximum Gasteiger partial charge on any atom is 0.311 e. The van der Waals surface area contributed by atoms with Crippen molar-refractivity contribution >= 4 is 39.9 Å². The second-order valence-electron chi connectivity index (χ2n) is 5.97. The molecule has 1 heterocycles. The molecule has 0 radical (unpaired) electrons. The SMILES string of the molecule is CCOC(=O)Cc1csc(NC(=O)COc2ccc(-c3ccccc3)cc2Cl)n1. The molecule has 0 saturated heterocycles. The number of rotatable bonds is 8. The van der Waals surface area contributed by atoms with Gasteiger partial charge in [0.25, 0.3) is 5.91 Å². The predicted molar refractivity (Wildman–Crippen MR) is 113 cm³/mol. The van der Waals surface area contributed by atoms with Gasteiger partial charge < -0.3 is 9.47 Å². The van der Waals surface area contributed by atoms with E-state index in [0.29, 0.717) is 28.2 Å². The van der Waals surface area contributed by atoms with Crippen molar-refractivity contribution in [3.63, 3.8) is 0 Å². The maximum absolute atomic E-state index is 12.1. The van der Waals surface area contributed by atoms with Gasteiger partial charge in [-0.3, -0.25) is 14.9 Å². The molecule has 0 fully saturated rings. The number of halogens is 1. The van der Waals surface area contributed by atoms with Crippen molar-refractivity contribution in [2.24, 2.45) is 0 Å². The van der Waals surface area contributed by atoms with Gasteiger partial charge in [-0.15, -0.1) is 11.3 Å². The number of anilines is 1. The van der Waals surface area contributed by atoms with Crippen molar-refractivity contribution in [3.8, 4) is 16.9 Å². The minimum absolute atomic E-state index is 0.0695. The lowest BCUT2D eigenvalue weighted by atomic mass is 10.1. The standard InChI is InChI=1S/C21H19ClN2O4S/c1-2-27-20(26)11-16-13-29-21(23-16)24-19(25)12-28-18-9-8-15(10-17(18)22)14-6-4-3-5-7-14/h3-10,13H,2,11-12H2,1H3,(H,23,24,25). The van der Waals surface area contributed by atoms with Gasteiger partial charge in [-0.2, -0.15) is 0 Å². The lowest BCUT2D eigenvalue weighted by Gasteiger charge is -2.09. The van der Waals surface area contributed by atoms with Crippen LogP contribution in [0, 0.1) is 0 Å². The summed E-state index contributed by atoms with van der Waals surface area (Å²) in [6.45, 7) is 1.85. The summed E-state index contributed by atoms with van der Waals surface area (Å²) in [6.07, 6.45) is 0.0695. The largest absolute Gasteiger partial charge is 0.482 e. The number of thiazole rings is 1. The maximum atomic E-state index is 12.1. The topological polar surface area (TPSA) is 77.5 Å². The third-order valence-electron chi connectivity index (χ3n) is 3.83. The van der Waals surface area contributed by atoms with E-state index in [0.717, 1.165) is 11.1 Å². The highest BCUT2D eigenvalue weighted by molar-refractivity contribution is 7.13. The van der Waals surface area contributed by atoms with Gasteiger partial charge >= 0.3 is 5.97 Å². The Morgan fingerprint density at radius 1 is 1.14 bits per heavy atom. The Hall–Kier alpha value is -2.90. The molecule has 3 rings (SSSR count). The van der Waals surface area contributed by atoms with E-state index in [-0.39, 0.29) is 24.9 Å². The molecule has 0 atom stereocenters. The summed E-state index contributed by atoms with van der Waals surface area (Å²) < 4.78 is 10.4. The molecule has 1 aromatic heterocycles. The Bertz CT molecular complexity index is 991. The van der Waals surface area contributed by atoms with Gasteiger partial charge in [-0.05, 0) is 30.2 Å². The van der Waals surface area contributed by atoms with Gasteiger partial charge in [-0.1, -0.05) is 48.0 Å². The molecular weight excluding hydrogens is 412 g/mol. The first-order valence-corrected chi connectivity index (χ1v) is 10.2. The monoisotopic (exact) mass is 430 g/mol. The molecule has 2 aromatic carbocycles. The molecule has 0 aliphatic carbocycles. The zero-order chi connectivity index (χ0) is 20.6. The molecule has 1 N–H and O–H groups in total. The average Bonchev–Trinajstić information content (AvgIpc) is 3.14. The molecule has 1 amide bonds. The molecule has 0 spiro atoms. The van der Waals surface area contributed by atoms with Crippen LogP contribution in [0.2, 0.25) is 5.02 Å². The summed E-state index contributed by atoms with van der Waals surface area (Å²) in [6, 6.07) is 15.3. The van der Waals surface area contributed by atoms with Crippen LogP contribution in [0.4, 0.5) is 5.13 Å². The van der Waals surface area contributed by atoms with Gasteiger partial charge in [-0.25, -0.2) is 4.98 Å². The molecule has 6 nitrogen and oxygen atoms in total. The Morgan fingerprint density at radius 2 is 1.93 bits per heavy atom. The van der Waals surface area contributed by atoms with E-state index < -0.39 is 0 Å². The summed E-state index contributed by atoms with van der Waals surface area (Å²) >= 11 is 7.52. The minimum Gasteiger partial charge on any atom is -0.482 e. The fourth-order valence-electron chi connectivity index (χ4n) is 2.53. The van der Waals surface area contributed by atoms with Crippen molar-refractivity contribution in [1.29, 1.82) is 0 Å². The predicted octanol–water partition coefficient (Wildman–Crippen LogP) is 4.59. The number of nitrogens with one attached hydrogen (secondary N) is 1. The number of benzene rings is 2. The molecule has 8 heteroatoms. The number of nitrogens with zero attached hydrogens (tertiary/aromatic N) is 1. The third kappa shape index (κ3) is 6.04. The van der Waals surface area contributed by atoms with Gasteiger partial charge in [0.1, 0.15) is 5.75 Å². The van der Waals surface area contributed by atoms with Crippen molar-refractivity contribution in [2.75, 3.05) is 18.5 Å². The molecule has 0 aliphatic rings. The number of hydrogen-bond donors (Lipinski definition) is 1. The van der Waals surface area contributed by atoms with E-state index in [1.54, 1.807) is 24.4 Å². The van der Waals surface area contributed by atoms with Crippen molar-refractivity contribution in [1.82, 2.24) is 4.98 Å². The second-order valence-corrected chi connectivity index (χ2v) is 7.24. The number of hydrogen-bond acceptors (Lipinski definition) is 6. The average molecular weight is 431 g/mol. The van der Waals surface area contributed by atoms with E-state index in [2.05, 4.69) is 10.3 Å². The van der Waals surface area contributed by atoms with Crippen LogP contribution in [0.25, 0.3) is 11.1 Å². The fraction of sp³-hybridized carbons (Fsp3) is 0.190. The highest BCUT2D eigenvalue weighted by Gasteiger charge is 2.12. The van der Waals surface area contributed by atoms with Crippen LogP contribution >= 0.6 is 22.9 Å². The number of ether oxygens (including phenoxy) is 2. The Labute approximate surface area is 177 Å². The van der Waals surface area contributed by atoms with Gasteiger partial charge in [0.15, 0.2) is 11.7 Å². The number of esters is 1. The van der Waals surface area contributed by atoms with E-state index >= 15 is 0 Å². The summed E-state index contributed by atoms with van der Waals surface area (Å²) in [5.41, 5.74) is 2.55. The lowest BCUT2D eigenvalue weighted by molar-refractivity contribution is -0.142. The van der Waals surface area contributed by atoms with E-state index in [9.17, 15) is 9.59 Å². The van der Waals surface area contributed by atoms with Crippen LogP contribution < -0.4 is 10.1 Å². The van der Waals surface area contributed by atoms with Gasteiger partial charge in [0, 0.05) is 5.38 Å². The Morgan fingerprint density at radius 3 is 2.66 bits per heavy atom. The van der Waals surface area contributed by atoms with Crippen LogP contribution in [0.1, 0.15) is 12.6 Å². The summed E-state index contributed by atoms with van der Waals surface area (Å²) in [7, 11) is 0. The molecule has 150 valence electrons. The summed E-state index contributed by atoms with van der Waals surface area (Å²) in [4.78, 5) is 27.8. The molecule has 29 heavy (non-hydrogen) atoms. The molecule has 0 bridgehead atoms. The van der Waals surface area contributed by atoms with Crippen LogP contribution in [-0.4, -0.2) is 30.1 Å². The van der Waals surface area contributed by atoms with Crippen molar-refractivity contribution < 1.29 is 19.1 Å². The number of amides is 1. The van der Waals surface area contributed by atoms with Crippen LogP contribution in [0.5, 0.6) is 5.75 Å². The minimum atomic E-state index is -0.370. The summed E-state index contributed by atoms with van der Waals surface area (Å²) in [5, 5.41) is 5.16. The van der Waals surface area contributed by atoms with Crippen molar-refractivity contribution in [3.05, 3.63) is 64.6 Å². The quantitative estimate of drug-likeness (QED) is 0.529. The molecule has 0 saturated carbocycles. The molecule has 0 unspecified atom stereocenters. The highest BCUT2D eigenvalue weighted by Crippen LogP contribution is 2.30. The van der Waals surface area contributed by atoms with E-state index in [4.69, 9.17) is 21.1 Å². The zero-order valence-corrected chi connectivity index (χ0v) is 17.3. The first kappa shape index (κ1) is 20.8. The van der Waals surface area contributed by atoms with E-state index in [1.165, 1.54) is 11.3 Å². The molecule has 0 aliphatic heterocycles. The second kappa shape index (κ2) is 10.0. The molecular formula is C21H19ClN2O4S. The highest BCUT2D eigenvalue weighted by atomic mass is 35.5. The Balaban J connectivity index is 1.53. The lowest BCUT2D eigenvalue weighted by Crippen LogP contribution is -2.20. The number of carbonyl (C=O) groups excluding carboxylic acids is 2.